The summed E-state index contributed by atoms with van der Waals surface area (Å²) in [7, 11) is 0. The Kier molecular flexibility index (Phi) is 3.37. The van der Waals surface area contributed by atoms with Gasteiger partial charge in [0.15, 0.2) is 5.82 Å². The number of anilines is 1. The molecule has 4 heteroatoms. The van der Waals surface area contributed by atoms with E-state index < -0.39 is 0 Å². The lowest BCUT2D eigenvalue weighted by atomic mass is 9.97. The first-order valence-corrected chi connectivity index (χ1v) is 5.57. The van der Waals surface area contributed by atoms with Gasteiger partial charge >= 0.3 is 6.01 Å². The molecule has 1 aromatic rings. The van der Waals surface area contributed by atoms with Crippen LogP contribution in [0.2, 0.25) is 0 Å². The summed E-state index contributed by atoms with van der Waals surface area (Å²) in [5, 5.41) is 6.85. The molecule has 1 heterocycles. The first-order chi connectivity index (χ1) is 7.34. The second-order valence-corrected chi connectivity index (χ2v) is 3.93. The van der Waals surface area contributed by atoms with E-state index in [1.165, 1.54) is 25.7 Å². The number of hydrogen-bond acceptors (Lipinski definition) is 4. The van der Waals surface area contributed by atoms with Crippen molar-refractivity contribution in [3.05, 3.63) is 17.5 Å². The summed E-state index contributed by atoms with van der Waals surface area (Å²) in [6.45, 7) is 2.70. The van der Waals surface area contributed by atoms with Crippen LogP contribution in [0, 0.1) is 6.92 Å². The molecule has 0 fully saturated rings. The van der Waals surface area contributed by atoms with Crippen molar-refractivity contribution >= 4 is 6.01 Å². The van der Waals surface area contributed by atoms with Gasteiger partial charge in [0, 0.05) is 6.54 Å². The number of allylic oxidation sites excluding steroid dienone is 1. The summed E-state index contributed by atoms with van der Waals surface area (Å²) in [6, 6.07) is 0.531. The molecular weight excluding hydrogens is 190 g/mol. The van der Waals surface area contributed by atoms with Crippen molar-refractivity contribution in [2.75, 3.05) is 11.9 Å². The monoisotopic (exact) mass is 207 g/mol. The third kappa shape index (κ3) is 3.08. The molecule has 1 aliphatic rings. The molecule has 0 radical (unpaired) electrons. The van der Waals surface area contributed by atoms with Crippen molar-refractivity contribution in [3.63, 3.8) is 0 Å². The van der Waals surface area contributed by atoms with Crippen molar-refractivity contribution < 1.29 is 4.52 Å². The smallest absolute Gasteiger partial charge is 0.321 e. The Labute approximate surface area is 89.8 Å². The van der Waals surface area contributed by atoms with Crippen molar-refractivity contribution in [3.8, 4) is 0 Å². The Hall–Kier alpha value is -1.32. The fourth-order valence-corrected chi connectivity index (χ4v) is 1.83. The molecule has 0 saturated heterocycles. The molecule has 1 aliphatic carbocycles. The highest BCUT2D eigenvalue weighted by Crippen LogP contribution is 2.19. The highest BCUT2D eigenvalue weighted by Gasteiger charge is 2.04. The molecular formula is C11H17N3O. The van der Waals surface area contributed by atoms with Gasteiger partial charge in [-0.15, -0.1) is 0 Å². The van der Waals surface area contributed by atoms with Crippen molar-refractivity contribution in [2.24, 2.45) is 0 Å². The van der Waals surface area contributed by atoms with Gasteiger partial charge in [0.1, 0.15) is 0 Å². The van der Waals surface area contributed by atoms with Crippen molar-refractivity contribution in [1.29, 1.82) is 0 Å². The Balaban J connectivity index is 1.72. The Morgan fingerprint density at radius 3 is 3.07 bits per heavy atom. The van der Waals surface area contributed by atoms with Crippen LogP contribution in [-0.4, -0.2) is 16.7 Å². The van der Waals surface area contributed by atoms with Crippen LogP contribution in [0.25, 0.3) is 0 Å². The standard InChI is InChI=1S/C11H17N3O/c1-9-13-11(15-14-9)12-8-7-10-5-3-2-4-6-10/h5H,2-4,6-8H2,1H3,(H,12,13,14). The predicted octanol–water partition coefficient (Wildman–Crippen LogP) is 2.68. The van der Waals surface area contributed by atoms with E-state index in [0.29, 0.717) is 11.8 Å². The molecule has 1 N–H and O–H groups in total. The highest BCUT2D eigenvalue weighted by atomic mass is 16.5. The summed E-state index contributed by atoms with van der Waals surface area (Å²) < 4.78 is 4.96. The number of rotatable bonds is 4. The lowest BCUT2D eigenvalue weighted by molar-refractivity contribution is 0.425. The lowest BCUT2D eigenvalue weighted by Gasteiger charge is -2.11. The second-order valence-electron chi connectivity index (χ2n) is 3.93. The first kappa shape index (κ1) is 10.2. The fourth-order valence-electron chi connectivity index (χ4n) is 1.83. The molecule has 4 nitrogen and oxygen atoms in total. The minimum atomic E-state index is 0.531. The van der Waals surface area contributed by atoms with E-state index in [-0.39, 0.29) is 0 Å². The third-order valence-corrected chi connectivity index (χ3v) is 2.63. The molecule has 0 aliphatic heterocycles. The van der Waals surface area contributed by atoms with E-state index in [4.69, 9.17) is 4.52 Å². The topological polar surface area (TPSA) is 51.0 Å². The number of aromatic nitrogens is 2. The highest BCUT2D eigenvalue weighted by molar-refractivity contribution is 5.19. The zero-order valence-electron chi connectivity index (χ0n) is 9.12. The quantitative estimate of drug-likeness (QED) is 0.771. The largest absolute Gasteiger partial charge is 0.337 e. The SMILES string of the molecule is Cc1noc(NCCC2=CCCCC2)n1. The fraction of sp³-hybridized carbons (Fsp3) is 0.636. The van der Waals surface area contributed by atoms with Crippen LogP contribution in [0.15, 0.2) is 16.2 Å². The molecule has 0 bridgehead atoms. The lowest BCUT2D eigenvalue weighted by Crippen LogP contribution is -2.04. The van der Waals surface area contributed by atoms with Gasteiger partial charge in [0.05, 0.1) is 0 Å². The Morgan fingerprint density at radius 1 is 1.47 bits per heavy atom. The summed E-state index contributed by atoms with van der Waals surface area (Å²) in [5.41, 5.74) is 1.56. The van der Waals surface area contributed by atoms with E-state index in [0.717, 1.165) is 13.0 Å². The molecule has 1 aromatic heterocycles. The average Bonchev–Trinajstić information content (AvgIpc) is 2.66. The second kappa shape index (κ2) is 4.96. The minimum absolute atomic E-state index is 0.531. The minimum Gasteiger partial charge on any atom is -0.337 e. The van der Waals surface area contributed by atoms with Crippen LogP contribution in [0.1, 0.15) is 37.9 Å². The van der Waals surface area contributed by atoms with Crippen LogP contribution in [0.5, 0.6) is 0 Å². The van der Waals surface area contributed by atoms with Gasteiger partial charge < -0.3 is 9.84 Å². The number of aryl methyl sites for hydroxylation is 1. The van der Waals surface area contributed by atoms with Crippen LogP contribution in [0.3, 0.4) is 0 Å². The molecule has 15 heavy (non-hydrogen) atoms. The van der Waals surface area contributed by atoms with Gasteiger partial charge in [0.25, 0.3) is 0 Å². The molecule has 0 unspecified atom stereocenters. The molecule has 2 rings (SSSR count). The maximum Gasteiger partial charge on any atom is 0.321 e. The van der Waals surface area contributed by atoms with E-state index in [9.17, 15) is 0 Å². The Bertz CT molecular complexity index is 343. The van der Waals surface area contributed by atoms with Crippen molar-refractivity contribution in [1.82, 2.24) is 10.1 Å². The van der Waals surface area contributed by atoms with Crippen LogP contribution >= 0.6 is 0 Å². The number of nitrogens with zero attached hydrogens (tertiary/aromatic N) is 2. The first-order valence-electron chi connectivity index (χ1n) is 5.57. The van der Waals surface area contributed by atoms with E-state index in [1.54, 1.807) is 5.57 Å². The number of hydrogen-bond donors (Lipinski definition) is 1. The third-order valence-electron chi connectivity index (χ3n) is 2.63. The molecule has 0 saturated carbocycles. The van der Waals surface area contributed by atoms with Crippen LogP contribution in [-0.2, 0) is 0 Å². The maximum atomic E-state index is 4.96. The normalized spacial score (nSPS) is 16.2. The average molecular weight is 207 g/mol. The molecule has 0 amide bonds. The molecule has 0 atom stereocenters. The summed E-state index contributed by atoms with van der Waals surface area (Å²) in [6.07, 6.45) is 8.64. The number of nitrogens with one attached hydrogen (secondary N) is 1. The van der Waals surface area contributed by atoms with Gasteiger partial charge in [-0.25, -0.2) is 0 Å². The Morgan fingerprint density at radius 2 is 2.40 bits per heavy atom. The summed E-state index contributed by atoms with van der Waals surface area (Å²) in [5.74, 6) is 0.675. The van der Waals surface area contributed by atoms with Crippen LogP contribution < -0.4 is 5.32 Å². The van der Waals surface area contributed by atoms with E-state index in [1.807, 2.05) is 6.92 Å². The summed E-state index contributed by atoms with van der Waals surface area (Å²) >= 11 is 0. The molecule has 82 valence electrons. The zero-order valence-corrected chi connectivity index (χ0v) is 9.12. The van der Waals surface area contributed by atoms with E-state index in [2.05, 4.69) is 21.5 Å². The van der Waals surface area contributed by atoms with Crippen LogP contribution in [0.4, 0.5) is 6.01 Å². The summed E-state index contributed by atoms with van der Waals surface area (Å²) in [4.78, 5) is 4.08. The molecule has 0 aromatic carbocycles. The zero-order chi connectivity index (χ0) is 10.5. The van der Waals surface area contributed by atoms with Gasteiger partial charge in [0.2, 0.25) is 0 Å². The van der Waals surface area contributed by atoms with Gasteiger partial charge in [-0.05, 0) is 39.0 Å². The van der Waals surface area contributed by atoms with Crippen molar-refractivity contribution in [2.45, 2.75) is 39.0 Å². The predicted molar refractivity (Wildman–Crippen MR) is 58.7 cm³/mol. The van der Waals surface area contributed by atoms with Gasteiger partial charge in [-0.3, -0.25) is 0 Å². The van der Waals surface area contributed by atoms with Gasteiger partial charge in [-0.2, -0.15) is 4.98 Å². The maximum absolute atomic E-state index is 4.96. The van der Waals surface area contributed by atoms with E-state index >= 15 is 0 Å². The molecule has 0 spiro atoms. The van der Waals surface area contributed by atoms with Gasteiger partial charge in [-0.1, -0.05) is 16.8 Å².